The normalized spacial score (nSPS) is 17.2. The monoisotopic (exact) mass is 419 g/mol. The molecule has 13 heteroatoms. The van der Waals surface area contributed by atoms with Crippen molar-refractivity contribution in [1.29, 1.82) is 0 Å². The Bertz CT molecular complexity index is 815. The van der Waals surface area contributed by atoms with Gasteiger partial charge in [0.15, 0.2) is 6.61 Å². The van der Waals surface area contributed by atoms with Gasteiger partial charge in [0.1, 0.15) is 21.1 Å². The number of carbonyl (C=O) groups excluding carboxylic acids is 3. The van der Waals surface area contributed by atoms with Crippen LogP contribution in [0.15, 0.2) is 18.2 Å². The van der Waals surface area contributed by atoms with Crippen LogP contribution in [0, 0.1) is 0 Å². The second kappa shape index (κ2) is 8.67. The molecule has 0 spiro atoms. The van der Waals surface area contributed by atoms with Gasteiger partial charge in [-0.05, 0) is 18.2 Å². The van der Waals surface area contributed by atoms with Gasteiger partial charge in [-0.1, -0.05) is 23.2 Å². The number of hydrogen-bond acceptors (Lipinski definition) is 8. The molecular formula is C12H8Cl2NNaO8S. The second-order valence-electron chi connectivity index (χ2n) is 4.54. The summed E-state index contributed by atoms with van der Waals surface area (Å²) in [6.07, 6.45) is -0.887. The standard InChI is InChI=1S/C12H9Cl2NO8S.Na/c13-6-1-2-8(7(14)3-6)22-5-11(17)23-15-10(16)4-9(12(15)18)24(19,20)21;/h1-3,9H,4-5H2,(H,19,20,21);/q;+1/p-1. The van der Waals surface area contributed by atoms with Crippen LogP contribution in [0.5, 0.6) is 5.75 Å². The van der Waals surface area contributed by atoms with Crippen LogP contribution in [0.1, 0.15) is 6.42 Å². The Kier molecular flexibility index (Phi) is 7.69. The quantitative estimate of drug-likeness (QED) is 0.291. The molecule has 1 aromatic rings. The molecule has 9 nitrogen and oxygen atoms in total. The number of hydrogen-bond donors (Lipinski definition) is 0. The van der Waals surface area contributed by atoms with E-state index in [0.29, 0.717) is 5.02 Å². The Balaban J connectivity index is 0.00000312. The first-order valence-corrected chi connectivity index (χ1v) is 8.42. The van der Waals surface area contributed by atoms with E-state index in [4.69, 9.17) is 27.9 Å². The van der Waals surface area contributed by atoms with Gasteiger partial charge in [0.05, 0.1) is 11.4 Å². The van der Waals surface area contributed by atoms with Crippen LogP contribution in [0.25, 0.3) is 0 Å². The first kappa shape index (κ1) is 22.2. The molecule has 25 heavy (non-hydrogen) atoms. The van der Waals surface area contributed by atoms with Crippen LogP contribution in [-0.2, 0) is 29.3 Å². The second-order valence-corrected chi connectivity index (χ2v) is 6.94. The van der Waals surface area contributed by atoms with Crippen molar-refractivity contribution >= 4 is 51.1 Å². The zero-order valence-corrected chi connectivity index (χ0v) is 16.9. The molecule has 1 aliphatic heterocycles. The zero-order chi connectivity index (χ0) is 18.1. The number of ether oxygens (including phenoxy) is 1. The van der Waals surface area contributed by atoms with Crippen molar-refractivity contribution in [2.24, 2.45) is 0 Å². The molecule has 1 atom stereocenters. The number of imide groups is 1. The molecule has 1 fully saturated rings. The molecule has 1 unspecified atom stereocenters. The van der Waals surface area contributed by atoms with E-state index in [1.54, 1.807) is 0 Å². The zero-order valence-electron chi connectivity index (χ0n) is 12.6. The first-order valence-electron chi connectivity index (χ1n) is 6.19. The van der Waals surface area contributed by atoms with E-state index in [1.165, 1.54) is 18.2 Å². The van der Waals surface area contributed by atoms with Gasteiger partial charge in [-0.3, -0.25) is 9.59 Å². The van der Waals surface area contributed by atoms with Crippen molar-refractivity contribution < 1.29 is 66.5 Å². The minimum atomic E-state index is -5.03. The summed E-state index contributed by atoms with van der Waals surface area (Å²) in [6, 6.07) is 4.19. The third-order valence-electron chi connectivity index (χ3n) is 2.84. The van der Waals surface area contributed by atoms with Gasteiger partial charge in [0, 0.05) is 5.02 Å². The van der Waals surface area contributed by atoms with Crippen molar-refractivity contribution in [3.63, 3.8) is 0 Å². The number of carbonyl (C=O) groups is 3. The maximum Gasteiger partial charge on any atom is 1.00 e. The molecule has 2 rings (SSSR count). The summed E-state index contributed by atoms with van der Waals surface area (Å²) in [4.78, 5) is 39.2. The maximum absolute atomic E-state index is 11.6. The van der Waals surface area contributed by atoms with E-state index in [1.807, 2.05) is 0 Å². The number of hydroxylamine groups is 2. The summed E-state index contributed by atoms with van der Waals surface area (Å²) in [5.74, 6) is -3.63. The van der Waals surface area contributed by atoms with Gasteiger partial charge in [-0.2, -0.15) is 0 Å². The molecule has 0 saturated carbocycles. The summed E-state index contributed by atoms with van der Waals surface area (Å²) in [5, 5.41) is -1.71. The summed E-state index contributed by atoms with van der Waals surface area (Å²) in [7, 11) is -5.03. The third-order valence-corrected chi connectivity index (χ3v) is 4.44. The van der Waals surface area contributed by atoms with E-state index in [0.717, 1.165) is 0 Å². The molecule has 0 aromatic heterocycles. The van der Waals surface area contributed by atoms with Crippen LogP contribution in [0.3, 0.4) is 0 Å². The predicted molar refractivity (Wildman–Crippen MR) is 78.0 cm³/mol. The first-order chi connectivity index (χ1) is 11.1. The Morgan fingerprint density at radius 1 is 1.32 bits per heavy atom. The summed E-state index contributed by atoms with van der Waals surface area (Å²) >= 11 is 11.5. The van der Waals surface area contributed by atoms with Crippen LogP contribution >= 0.6 is 23.2 Å². The molecule has 1 aromatic carbocycles. The molecule has 130 valence electrons. The molecular weight excluding hydrogens is 412 g/mol. The SMILES string of the molecule is O=C(COc1ccc(Cl)cc1Cl)ON1C(=O)CC(S(=O)(=O)[O-])C1=O.[Na+]. The Labute approximate surface area is 174 Å². The van der Waals surface area contributed by atoms with Crippen LogP contribution in [0.2, 0.25) is 10.0 Å². The largest absolute Gasteiger partial charge is 1.00 e. The average molecular weight is 420 g/mol. The molecule has 0 bridgehead atoms. The van der Waals surface area contributed by atoms with Crippen LogP contribution in [-0.4, -0.2) is 47.7 Å². The van der Waals surface area contributed by atoms with E-state index < -0.39 is 46.2 Å². The molecule has 0 N–H and O–H groups in total. The fourth-order valence-corrected chi connectivity index (χ4v) is 2.91. The van der Waals surface area contributed by atoms with Crippen molar-refractivity contribution in [3.8, 4) is 5.75 Å². The topological polar surface area (TPSA) is 130 Å². The van der Waals surface area contributed by atoms with Crippen molar-refractivity contribution in [3.05, 3.63) is 28.2 Å². The smallest absolute Gasteiger partial charge is 0.747 e. The molecule has 1 aliphatic rings. The minimum Gasteiger partial charge on any atom is -0.747 e. The van der Waals surface area contributed by atoms with Gasteiger partial charge >= 0.3 is 35.5 Å². The Morgan fingerprint density at radius 3 is 2.48 bits per heavy atom. The number of benzene rings is 1. The number of amides is 2. The van der Waals surface area contributed by atoms with Gasteiger partial charge in [-0.25, -0.2) is 13.2 Å². The van der Waals surface area contributed by atoms with Gasteiger partial charge < -0.3 is 14.1 Å². The van der Waals surface area contributed by atoms with Crippen LogP contribution in [0.4, 0.5) is 0 Å². The maximum atomic E-state index is 11.6. The van der Waals surface area contributed by atoms with Gasteiger partial charge in [-0.15, -0.1) is 5.06 Å². The molecule has 2 amide bonds. The van der Waals surface area contributed by atoms with E-state index in [9.17, 15) is 27.4 Å². The Hall–Kier alpha value is -0.880. The van der Waals surface area contributed by atoms with Crippen LogP contribution < -0.4 is 34.3 Å². The third kappa shape index (κ3) is 5.55. The molecule has 1 heterocycles. The fourth-order valence-electron chi connectivity index (χ4n) is 1.76. The number of rotatable bonds is 5. The average Bonchev–Trinajstić information content (AvgIpc) is 2.74. The minimum absolute atomic E-state index is 0. The van der Waals surface area contributed by atoms with Crippen molar-refractivity contribution in [1.82, 2.24) is 5.06 Å². The number of halogens is 2. The van der Waals surface area contributed by atoms with Gasteiger partial charge in [0.25, 0.3) is 11.8 Å². The van der Waals surface area contributed by atoms with Crippen molar-refractivity contribution in [2.45, 2.75) is 11.7 Å². The van der Waals surface area contributed by atoms with Crippen molar-refractivity contribution in [2.75, 3.05) is 6.61 Å². The van der Waals surface area contributed by atoms with Gasteiger partial charge in [0.2, 0.25) is 0 Å². The van der Waals surface area contributed by atoms with E-state index in [-0.39, 0.29) is 45.4 Å². The summed E-state index contributed by atoms with van der Waals surface area (Å²) in [5.41, 5.74) is 0. The Morgan fingerprint density at radius 2 is 1.96 bits per heavy atom. The number of nitrogens with zero attached hydrogens (tertiary/aromatic N) is 1. The predicted octanol–water partition coefficient (Wildman–Crippen LogP) is -2.49. The molecule has 0 aliphatic carbocycles. The molecule has 1 saturated heterocycles. The fraction of sp³-hybridized carbons (Fsp3) is 0.250. The van der Waals surface area contributed by atoms with E-state index >= 15 is 0 Å². The molecule has 0 radical (unpaired) electrons. The summed E-state index contributed by atoms with van der Waals surface area (Å²) in [6.45, 7) is -0.729. The van der Waals surface area contributed by atoms with E-state index in [2.05, 4.69) is 4.84 Å². The summed E-state index contributed by atoms with van der Waals surface area (Å²) < 4.78 is 37.6.